The molecule has 28 heavy (non-hydrogen) atoms. The minimum absolute atomic E-state index is 0.629. The maximum absolute atomic E-state index is 5.04. The lowest BCUT2D eigenvalue weighted by molar-refractivity contribution is 0.333. The molecule has 1 atom stereocenters. The van der Waals surface area contributed by atoms with Crippen LogP contribution in [0.2, 0.25) is 0 Å². The fraction of sp³-hybridized carbons (Fsp3) is 0.348. The first-order chi connectivity index (χ1) is 13.6. The molecular weight excluding hydrogens is 346 g/mol. The van der Waals surface area contributed by atoms with E-state index in [0.29, 0.717) is 0 Å². The molecule has 0 saturated carbocycles. The second-order valence-corrected chi connectivity index (χ2v) is 7.75. The molecule has 2 aliphatic rings. The zero-order valence-corrected chi connectivity index (χ0v) is 16.7. The summed E-state index contributed by atoms with van der Waals surface area (Å²) in [6.45, 7) is 6.31. The molecular formula is C23H29N5. The van der Waals surface area contributed by atoms with Gasteiger partial charge in [0.25, 0.3) is 0 Å². The first-order valence-electron chi connectivity index (χ1n) is 10.1. The topological polar surface area (TPSA) is 51.7 Å². The Balaban J connectivity index is 1.60. The van der Waals surface area contributed by atoms with Crippen molar-refractivity contribution in [2.45, 2.75) is 38.9 Å². The molecule has 1 fully saturated rings. The van der Waals surface area contributed by atoms with Crippen molar-refractivity contribution in [3.63, 3.8) is 0 Å². The number of anilines is 2. The SMILES string of the molecule is Cc1ccc(NC2=CC(N3CCCCC3)=NC(C)(Nc3ccccc3)N2)cc1. The fourth-order valence-corrected chi connectivity index (χ4v) is 3.72. The molecule has 2 aliphatic heterocycles. The van der Waals surface area contributed by atoms with E-state index in [0.717, 1.165) is 36.1 Å². The third-order valence-corrected chi connectivity index (χ3v) is 5.16. The Morgan fingerprint density at radius 3 is 2.36 bits per heavy atom. The number of nitrogens with one attached hydrogen (secondary N) is 3. The maximum atomic E-state index is 5.04. The zero-order valence-electron chi connectivity index (χ0n) is 16.7. The van der Waals surface area contributed by atoms with Crippen LogP contribution >= 0.6 is 0 Å². The van der Waals surface area contributed by atoms with Gasteiger partial charge in [0.1, 0.15) is 11.7 Å². The third kappa shape index (κ3) is 4.47. The van der Waals surface area contributed by atoms with Crippen molar-refractivity contribution >= 4 is 17.2 Å². The molecule has 0 radical (unpaired) electrons. The number of benzene rings is 2. The number of amidine groups is 1. The number of piperidine rings is 1. The summed E-state index contributed by atoms with van der Waals surface area (Å²) in [5, 5.41) is 10.6. The Bertz CT molecular complexity index is 850. The Morgan fingerprint density at radius 2 is 1.64 bits per heavy atom. The molecule has 5 nitrogen and oxygen atoms in total. The van der Waals surface area contributed by atoms with Crippen LogP contribution in [0.4, 0.5) is 11.4 Å². The fourth-order valence-electron chi connectivity index (χ4n) is 3.72. The first kappa shape index (κ1) is 18.4. The van der Waals surface area contributed by atoms with Crippen LogP contribution in [0, 0.1) is 6.92 Å². The van der Waals surface area contributed by atoms with Crippen molar-refractivity contribution in [1.82, 2.24) is 10.2 Å². The normalized spacial score (nSPS) is 22.0. The van der Waals surface area contributed by atoms with Gasteiger partial charge in [-0.3, -0.25) is 0 Å². The van der Waals surface area contributed by atoms with Gasteiger partial charge < -0.3 is 20.9 Å². The summed E-state index contributed by atoms with van der Waals surface area (Å²) in [5.74, 6) is 1.35. The largest absolute Gasteiger partial charge is 0.357 e. The number of hydrogen-bond acceptors (Lipinski definition) is 5. The number of aliphatic imine (C=N–C) groups is 1. The van der Waals surface area contributed by atoms with E-state index < -0.39 is 5.79 Å². The lowest BCUT2D eigenvalue weighted by atomic mass is 10.1. The van der Waals surface area contributed by atoms with Crippen LogP contribution in [0.25, 0.3) is 0 Å². The predicted molar refractivity (Wildman–Crippen MR) is 117 cm³/mol. The van der Waals surface area contributed by atoms with Gasteiger partial charge >= 0.3 is 0 Å². The summed E-state index contributed by atoms with van der Waals surface area (Å²) < 4.78 is 0. The van der Waals surface area contributed by atoms with Crippen molar-refractivity contribution in [3.05, 3.63) is 72.1 Å². The number of aryl methyl sites for hydroxylation is 1. The summed E-state index contributed by atoms with van der Waals surface area (Å²) in [6, 6.07) is 18.7. The van der Waals surface area contributed by atoms with Crippen LogP contribution in [0.15, 0.2) is 71.5 Å². The highest BCUT2D eigenvalue weighted by molar-refractivity contribution is 5.95. The van der Waals surface area contributed by atoms with Crippen LogP contribution < -0.4 is 16.0 Å². The Hall–Kier alpha value is -2.95. The van der Waals surface area contributed by atoms with Gasteiger partial charge in [-0.15, -0.1) is 0 Å². The minimum Gasteiger partial charge on any atom is -0.357 e. The molecule has 2 aromatic carbocycles. The molecule has 0 bridgehead atoms. The van der Waals surface area contributed by atoms with Crippen molar-refractivity contribution in [2.75, 3.05) is 23.7 Å². The highest BCUT2D eigenvalue weighted by atomic mass is 15.4. The monoisotopic (exact) mass is 375 g/mol. The molecule has 1 unspecified atom stereocenters. The summed E-state index contributed by atoms with van der Waals surface area (Å²) >= 11 is 0. The van der Waals surface area contributed by atoms with E-state index in [1.54, 1.807) is 0 Å². The third-order valence-electron chi connectivity index (χ3n) is 5.16. The molecule has 2 aromatic rings. The van der Waals surface area contributed by atoms with Crippen LogP contribution in [-0.2, 0) is 0 Å². The van der Waals surface area contributed by atoms with E-state index in [4.69, 9.17) is 4.99 Å². The maximum Gasteiger partial charge on any atom is 0.205 e. The molecule has 4 rings (SSSR count). The van der Waals surface area contributed by atoms with Gasteiger partial charge in [0.05, 0.1) is 0 Å². The molecule has 1 saturated heterocycles. The van der Waals surface area contributed by atoms with E-state index >= 15 is 0 Å². The van der Waals surface area contributed by atoms with E-state index in [9.17, 15) is 0 Å². The first-order valence-corrected chi connectivity index (χ1v) is 10.1. The standard InChI is InChI=1S/C23H29N5/c1-18-11-13-19(14-12-18)24-21-17-22(28-15-7-4-8-16-28)27-23(2,26-21)25-20-9-5-3-6-10-20/h3,5-6,9-14,17,24-26H,4,7-8,15-16H2,1-2H3. The molecule has 0 spiro atoms. The minimum atomic E-state index is -0.629. The highest BCUT2D eigenvalue weighted by Crippen LogP contribution is 2.22. The van der Waals surface area contributed by atoms with Gasteiger partial charge in [-0.1, -0.05) is 35.9 Å². The van der Waals surface area contributed by atoms with E-state index in [1.807, 2.05) is 18.2 Å². The van der Waals surface area contributed by atoms with Gasteiger partial charge in [0, 0.05) is 30.5 Å². The molecule has 5 heteroatoms. The summed E-state index contributed by atoms with van der Waals surface area (Å²) in [5.41, 5.74) is 3.35. The van der Waals surface area contributed by atoms with E-state index in [2.05, 4.69) is 77.2 Å². The summed E-state index contributed by atoms with van der Waals surface area (Å²) in [4.78, 5) is 7.44. The van der Waals surface area contributed by atoms with Crippen LogP contribution in [0.5, 0.6) is 0 Å². The number of rotatable bonds is 4. The average molecular weight is 376 g/mol. The highest BCUT2D eigenvalue weighted by Gasteiger charge is 2.30. The quantitative estimate of drug-likeness (QED) is 0.735. The van der Waals surface area contributed by atoms with Crippen LogP contribution in [0.1, 0.15) is 31.7 Å². The number of nitrogens with zero attached hydrogens (tertiary/aromatic N) is 2. The van der Waals surface area contributed by atoms with Gasteiger partial charge in [-0.2, -0.15) is 0 Å². The smallest absolute Gasteiger partial charge is 0.205 e. The Labute approximate surface area is 167 Å². The second-order valence-electron chi connectivity index (χ2n) is 7.75. The second kappa shape index (κ2) is 7.97. The number of para-hydroxylation sites is 1. The van der Waals surface area contributed by atoms with Crippen molar-refractivity contribution in [2.24, 2.45) is 4.99 Å². The van der Waals surface area contributed by atoms with Crippen molar-refractivity contribution < 1.29 is 0 Å². The van der Waals surface area contributed by atoms with E-state index in [-0.39, 0.29) is 0 Å². The summed E-state index contributed by atoms with van der Waals surface area (Å²) in [7, 11) is 0. The Morgan fingerprint density at radius 1 is 0.929 bits per heavy atom. The molecule has 146 valence electrons. The van der Waals surface area contributed by atoms with Gasteiger partial charge in [-0.05, 0) is 57.4 Å². The van der Waals surface area contributed by atoms with E-state index in [1.165, 1.54) is 24.8 Å². The van der Waals surface area contributed by atoms with Crippen molar-refractivity contribution in [3.8, 4) is 0 Å². The number of hydrogen-bond donors (Lipinski definition) is 3. The van der Waals surface area contributed by atoms with Crippen LogP contribution in [0.3, 0.4) is 0 Å². The molecule has 3 N–H and O–H groups in total. The summed E-state index contributed by atoms with van der Waals surface area (Å²) in [6.07, 6.45) is 5.88. The van der Waals surface area contributed by atoms with Crippen molar-refractivity contribution in [1.29, 1.82) is 0 Å². The lowest BCUT2D eigenvalue weighted by Gasteiger charge is -2.38. The van der Waals surface area contributed by atoms with Gasteiger partial charge in [0.15, 0.2) is 0 Å². The lowest BCUT2D eigenvalue weighted by Crippen LogP contribution is -2.53. The van der Waals surface area contributed by atoms with Gasteiger partial charge in [-0.25, -0.2) is 4.99 Å². The molecule has 0 aliphatic carbocycles. The zero-order chi connectivity index (χ0) is 19.4. The predicted octanol–water partition coefficient (Wildman–Crippen LogP) is 4.52. The molecule has 2 heterocycles. The molecule has 0 amide bonds. The average Bonchev–Trinajstić information content (AvgIpc) is 2.70. The Kier molecular flexibility index (Phi) is 5.24. The number of likely N-dealkylation sites (tertiary alicyclic amines) is 1. The molecule has 0 aromatic heterocycles. The van der Waals surface area contributed by atoms with Gasteiger partial charge in [0.2, 0.25) is 5.79 Å². The van der Waals surface area contributed by atoms with Crippen LogP contribution in [-0.4, -0.2) is 29.6 Å².